The smallest absolute Gasteiger partial charge is 0.350 e. The largest absolute Gasteiger partial charge is 0.479 e. The summed E-state index contributed by atoms with van der Waals surface area (Å²) in [4.78, 5) is 53.2. The second-order valence-corrected chi connectivity index (χ2v) is 28.8. The SMILES string of the molecule is CCC(C)(OC(C)=O)C(=O)OC1C(OC(C)=O)C2(CO)C(CC1(C)C)C1=CCC3C4(C)CCC(OC5OC(C(=O)O)C(OC6OC(CO)C(O)C6O)C(OC6OCC(O)C(O)C6O)C5OC5OC(CO)C(O)C(O)C5O)C(C)(C)C4CCC3(C)C1(C)C(O)C2O. The van der Waals surface area contributed by atoms with E-state index in [9.17, 15) is 90.7 Å². The van der Waals surface area contributed by atoms with E-state index in [2.05, 4.69) is 19.9 Å². The quantitative estimate of drug-likeness (QED) is 0.0311. The highest BCUT2D eigenvalue weighted by Crippen LogP contribution is 2.76. The number of aliphatic carboxylic acids is 1. The first-order chi connectivity index (χ1) is 41.9. The molecule has 4 saturated heterocycles. The molecule has 29 heteroatoms. The maximum Gasteiger partial charge on any atom is 0.350 e. The van der Waals surface area contributed by atoms with E-state index in [0.717, 1.165) is 19.4 Å². The lowest BCUT2D eigenvalue weighted by molar-refractivity contribution is -0.401. The highest BCUT2D eigenvalue weighted by Gasteiger charge is 2.77. The minimum absolute atomic E-state index is 0.0225. The molecule has 0 aromatic rings. The van der Waals surface area contributed by atoms with Crippen molar-refractivity contribution >= 4 is 23.9 Å². The van der Waals surface area contributed by atoms with Crippen LogP contribution in [0.2, 0.25) is 0 Å². The van der Waals surface area contributed by atoms with Gasteiger partial charge in [-0.2, -0.15) is 0 Å². The molecule has 4 aliphatic heterocycles. The zero-order valence-electron chi connectivity index (χ0n) is 52.8. The highest BCUT2D eigenvalue weighted by molar-refractivity contribution is 5.82. The second-order valence-electron chi connectivity index (χ2n) is 28.8. The Kier molecular flexibility index (Phi) is 20.3. The Hall–Kier alpha value is -3.22. The van der Waals surface area contributed by atoms with Gasteiger partial charge in [0.05, 0.1) is 50.2 Å². The summed E-state index contributed by atoms with van der Waals surface area (Å²) in [5, 5.41) is 157. The molecule has 0 radical (unpaired) electrons. The number of carbonyl (C=O) groups excluding carboxylic acids is 3. The summed E-state index contributed by atoms with van der Waals surface area (Å²) >= 11 is 0. The summed E-state index contributed by atoms with van der Waals surface area (Å²) in [7, 11) is 0. The molecule has 0 spiro atoms. The molecule has 14 N–H and O–H groups in total. The highest BCUT2D eigenvalue weighted by atomic mass is 16.8. The Morgan fingerprint density at radius 3 is 1.78 bits per heavy atom. The van der Waals surface area contributed by atoms with Gasteiger partial charge in [0.1, 0.15) is 85.5 Å². The molecule has 0 bridgehead atoms. The number of rotatable bonds is 17. The number of carboxylic acid groups (broad SMARTS) is 1. The van der Waals surface area contributed by atoms with Crippen molar-refractivity contribution in [1.82, 2.24) is 0 Å². The molecule has 9 aliphatic rings. The zero-order chi connectivity index (χ0) is 66.7. The molecule has 0 aromatic heterocycles. The van der Waals surface area contributed by atoms with Gasteiger partial charge in [-0.1, -0.05) is 67.0 Å². The van der Waals surface area contributed by atoms with Crippen LogP contribution in [0, 0.1) is 50.2 Å². The first-order valence-corrected chi connectivity index (χ1v) is 31.3. The Bertz CT molecular complexity index is 2640. The molecule has 514 valence electrons. The predicted molar refractivity (Wildman–Crippen MR) is 301 cm³/mol. The summed E-state index contributed by atoms with van der Waals surface area (Å²) in [6.07, 6.45) is -37.2. The molecule has 31 unspecified atom stereocenters. The Morgan fingerprint density at radius 1 is 0.633 bits per heavy atom. The molecule has 0 aromatic carbocycles. The monoisotopic (exact) mass is 1290 g/mol. The van der Waals surface area contributed by atoms with Crippen molar-refractivity contribution in [2.75, 3.05) is 26.4 Å². The molecule has 0 amide bonds. The number of aliphatic hydroxyl groups excluding tert-OH is 13. The van der Waals surface area contributed by atoms with Gasteiger partial charge in [-0.25, -0.2) is 9.59 Å². The van der Waals surface area contributed by atoms with Gasteiger partial charge in [0, 0.05) is 24.7 Å². The second kappa shape index (κ2) is 25.7. The van der Waals surface area contributed by atoms with Crippen LogP contribution in [0.25, 0.3) is 0 Å². The van der Waals surface area contributed by atoms with Crippen LogP contribution in [0.4, 0.5) is 0 Å². The number of carboxylic acids is 1. The predicted octanol–water partition coefficient (Wildman–Crippen LogP) is -2.45. The fourth-order valence-corrected chi connectivity index (χ4v) is 17.8. The van der Waals surface area contributed by atoms with Crippen molar-refractivity contribution in [3.8, 4) is 0 Å². The van der Waals surface area contributed by atoms with E-state index in [1.54, 1.807) is 6.92 Å². The van der Waals surface area contributed by atoms with E-state index < -0.39 is 235 Å². The number of ether oxygens (including phenoxy) is 11. The molecule has 4 saturated carbocycles. The number of carbonyl (C=O) groups is 4. The van der Waals surface area contributed by atoms with Crippen molar-refractivity contribution in [2.45, 2.75) is 268 Å². The number of aliphatic hydroxyl groups is 13. The van der Waals surface area contributed by atoms with Crippen LogP contribution in [-0.2, 0) is 71.3 Å². The Morgan fingerprint density at radius 2 is 1.21 bits per heavy atom. The molecular formula is C61H96O29. The summed E-state index contributed by atoms with van der Waals surface area (Å²) in [6, 6.07) is 0. The van der Waals surface area contributed by atoms with Crippen LogP contribution in [0.5, 0.6) is 0 Å². The van der Waals surface area contributed by atoms with Crippen LogP contribution in [0.15, 0.2) is 11.6 Å². The Labute approximate surface area is 521 Å². The summed E-state index contributed by atoms with van der Waals surface area (Å²) in [5.41, 5.74) is -7.42. The molecule has 8 fully saturated rings. The third-order valence-electron chi connectivity index (χ3n) is 23.1. The zero-order valence-corrected chi connectivity index (χ0v) is 52.8. The number of fused-ring (bicyclic) bond motifs is 7. The lowest BCUT2D eigenvalue weighted by Crippen LogP contribution is -2.76. The van der Waals surface area contributed by atoms with Gasteiger partial charge in [0.15, 0.2) is 37.4 Å². The number of hydrogen-bond donors (Lipinski definition) is 14. The molecule has 5 aliphatic carbocycles. The molecule has 9 rings (SSSR count). The molecule has 29 nitrogen and oxygen atoms in total. The third-order valence-corrected chi connectivity index (χ3v) is 23.1. The lowest BCUT2D eigenvalue weighted by atomic mass is 9.32. The van der Waals surface area contributed by atoms with E-state index in [-0.39, 0.29) is 31.1 Å². The standard InChI is InChI=1S/C61H96O29/c1-12-59(10,90-25(3)66)54(79)89-47-48(81-24(2)65)61(23-64)27(19-55(47,4)5)26-13-14-32-57(8)17-16-33(56(6,7)31(57)15-18-58(32,9)60(26,11)45(75)46(61)76)84-53-44(88-52-40(74)37(71)35(69)29(20-62)82-52)42(85-50-38(72)34(68)28(67)22-80-50)41(43(87-53)49(77)78)86-51-39(73)36(70)30(21-63)83-51/h13,27-48,50-53,62-64,67-76H,12,14-23H2,1-11H3,(H,77,78). The van der Waals surface area contributed by atoms with Crippen LogP contribution >= 0.6 is 0 Å². The first kappa shape index (κ1) is 71.1. The normalized spacial score (nSPS) is 49.5. The van der Waals surface area contributed by atoms with Crippen LogP contribution in [-0.4, -0.2) is 269 Å². The fraction of sp³-hybridized carbons (Fsp3) is 0.902. The van der Waals surface area contributed by atoms with Gasteiger partial charge in [0.25, 0.3) is 0 Å². The van der Waals surface area contributed by atoms with Gasteiger partial charge in [-0.15, -0.1) is 0 Å². The summed E-state index contributed by atoms with van der Waals surface area (Å²) in [6.45, 7) is 15.9. The third kappa shape index (κ3) is 11.5. The van der Waals surface area contributed by atoms with E-state index in [0.29, 0.717) is 25.7 Å². The summed E-state index contributed by atoms with van der Waals surface area (Å²) < 4.78 is 67.0. The average molecular weight is 1290 g/mol. The molecule has 4 heterocycles. The first-order valence-electron chi connectivity index (χ1n) is 31.3. The van der Waals surface area contributed by atoms with E-state index in [1.165, 1.54) is 6.92 Å². The minimum atomic E-state index is -2.20. The van der Waals surface area contributed by atoms with Crippen molar-refractivity contribution in [3.05, 3.63) is 11.6 Å². The van der Waals surface area contributed by atoms with Crippen molar-refractivity contribution in [1.29, 1.82) is 0 Å². The van der Waals surface area contributed by atoms with Crippen molar-refractivity contribution < 1.29 is 143 Å². The summed E-state index contributed by atoms with van der Waals surface area (Å²) in [5.74, 6) is -5.46. The maximum absolute atomic E-state index is 14.1. The number of allylic oxidation sites excluding steroid dienone is 1. The van der Waals surface area contributed by atoms with Crippen molar-refractivity contribution in [3.63, 3.8) is 0 Å². The van der Waals surface area contributed by atoms with E-state index >= 15 is 0 Å². The van der Waals surface area contributed by atoms with Crippen LogP contribution in [0.3, 0.4) is 0 Å². The molecule has 90 heavy (non-hydrogen) atoms. The van der Waals surface area contributed by atoms with E-state index in [1.807, 2.05) is 34.6 Å². The number of esters is 3. The van der Waals surface area contributed by atoms with Crippen LogP contribution in [0.1, 0.15) is 121 Å². The van der Waals surface area contributed by atoms with E-state index in [4.69, 9.17) is 52.1 Å². The van der Waals surface area contributed by atoms with Crippen molar-refractivity contribution in [2.24, 2.45) is 50.2 Å². The average Bonchev–Trinajstić information content (AvgIpc) is 0.728. The van der Waals surface area contributed by atoms with Gasteiger partial charge in [0.2, 0.25) is 5.60 Å². The molecular weight excluding hydrogens is 1200 g/mol. The minimum Gasteiger partial charge on any atom is -0.479 e. The van der Waals surface area contributed by atoms with Gasteiger partial charge in [-0.3, -0.25) is 9.59 Å². The van der Waals surface area contributed by atoms with Gasteiger partial charge < -0.3 is 124 Å². The lowest BCUT2D eigenvalue weighted by Gasteiger charge is -2.73. The van der Waals surface area contributed by atoms with Crippen LogP contribution < -0.4 is 0 Å². The number of hydrogen-bond acceptors (Lipinski definition) is 28. The maximum atomic E-state index is 14.1. The van der Waals surface area contributed by atoms with Gasteiger partial charge >= 0.3 is 23.9 Å². The van der Waals surface area contributed by atoms with Gasteiger partial charge in [-0.05, 0) is 85.9 Å². The Balaban J connectivity index is 1.07. The molecule has 31 atom stereocenters. The topological polar surface area (TPSA) is 453 Å². The fourth-order valence-electron chi connectivity index (χ4n) is 17.8.